The summed E-state index contributed by atoms with van der Waals surface area (Å²) >= 11 is 6.24. The smallest absolute Gasteiger partial charge is 0.309 e. The molecule has 0 atom stereocenters. The van der Waals surface area contributed by atoms with E-state index in [1.54, 1.807) is 7.11 Å². The number of halogens is 1. The number of carbonyl (C=O) groups is 1. The molecule has 23 heavy (non-hydrogen) atoms. The first-order valence-electron chi connectivity index (χ1n) is 6.90. The van der Waals surface area contributed by atoms with Crippen LogP contribution >= 0.6 is 39.2 Å². The van der Waals surface area contributed by atoms with E-state index in [0.29, 0.717) is 5.75 Å². The van der Waals surface area contributed by atoms with E-state index in [9.17, 15) is 4.79 Å². The Morgan fingerprint density at radius 1 is 1.39 bits per heavy atom. The van der Waals surface area contributed by atoms with Gasteiger partial charge in [0, 0.05) is 17.3 Å². The lowest BCUT2D eigenvalue weighted by atomic mass is 10.1. The van der Waals surface area contributed by atoms with Crippen LogP contribution in [-0.4, -0.2) is 25.2 Å². The Labute approximate surface area is 153 Å². The average Bonchev–Trinajstić information content (AvgIpc) is 3.00. The van der Waals surface area contributed by atoms with Gasteiger partial charge in [0.25, 0.3) is 0 Å². The Hall–Kier alpha value is -1.25. The van der Waals surface area contributed by atoms with Crippen molar-refractivity contribution in [1.82, 2.24) is 4.98 Å². The Morgan fingerprint density at radius 2 is 2.13 bits per heavy atom. The summed E-state index contributed by atoms with van der Waals surface area (Å²) in [4.78, 5) is 15.6. The van der Waals surface area contributed by atoms with Crippen molar-refractivity contribution in [3.8, 4) is 5.75 Å². The molecule has 0 radical (unpaired) electrons. The van der Waals surface area contributed by atoms with Crippen LogP contribution in [0.1, 0.15) is 19.4 Å². The third kappa shape index (κ3) is 6.40. The van der Waals surface area contributed by atoms with E-state index in [2.05, 4.69) is 30.4 Å². The Morgan fingerprint density at radius 3 is 2.70 bits per heavy atom. The molecule has 2 rings (SSSR count). The van der Waals surface area contributed by atoms with Crippen LogP contribution in [0.25, 0.3) is 0 Å². The third-order valence-electron chi connectivity index (χ3n) is 2.56. The molecule has 126 valence electrons. The molecule has 5 nitrogen and oxygen atoms in total. The number of ether oxygens (including phenoxy) is 2. The zero-order chi connectivity index (χ0) is 17.2. The largest absolute Gasteiger partial charge is 0.495 e. The van der Waals surface area contributed by atoms with Crippen molar-refractivity contribution in [2.45, 2.75) is 25.3 Å². The first-order chi connectivity index (χ1) is 11.1. The first-order valence-corrected chi connectivity index (χ1v) is 9.39. The molecule has 2 aromatic rings. The second-order valence-corrected chi connectivity index (χ2v) is 6.89. The predicted molar refractivity (Wildman–Crippen MR) is 99.4 cm³/mol. The first kappa shape index (κ1) is 19.8. The minimum atomic E-state index is -0.278. The van der Waals surface area contributed by atoms with Crippen molar-refractivity contribution in [2.24, 2.45) is 0 Å². The van der Waals surface area contributed by atoms with Crippen LogP contribution in [0.4, 0.5) is 5.69 Å². The van der Waals surface area contributed by atoms with Crippen molar-refractivity contribution in [2.75, 3.05) is 18.9 Å². The van der Waals surface area contributed by atoms with Gasteiger partial charge in [0.1, 0.15) is 10.8 Å². The molecule has 0 bridgehead atoms. The number of hydrogen-bond donors (Lipinski definition) is 1. The normalized spacial score (nSPS) is 9.61. The molecular weight excluding hydrogens is 400 g/mol. The van der Waals surface area contributed by atoms with Crippen LogP contribution in [0, 0.1) is 0 Å². The van der Waals surface area contributed by atoms with Crippen LogP contribution in [0.5, 0.6) is 5.75 Å². The summed E-state index contributed by atoms with van der Waals surface area (Å²) < 4.78 is 14.0. The van der Waals surface area contributed by atoms with Gasteiger partial charge in [-0.2, -0.15) is 0 Å². The number of hydrogen-bond acceptors (Lipinski definition) is 7. The highest BCUT2D eigenvalue weighted by molar-refractivity contribution is 9.11. The van der Waals surface area contributed by atoms with Crippen LogP contribution in [0.2, 0.25) is 0 Å². The summed E-state index contributed by atoms with van der Waals surface area (Å²) in [6.45, 7) is 4.00. The highest BCUT2D eigenvalue weighted by atomic mass is 79.9. The molecule has 0 aliphatic rings. The molecular formula is C15H19BrN2O3S2. The molecule has 0 saturated heterocycles. The van der Waals surface area contributed by atoms with Crippen molar-refractivity contribution in [3.05, 3.63) is 33.1 Å². The summed E-state index contributed by atoms with van der Waals surface area (Å²) in [5, 5.41) is 2.81. The van der Waals surface area contributed by atoms with Crippen LogP contribution < -0.4 is 9.46 Å². The number of carbonyl (C=O) groups excluding carboxylic acids is 1. The molecule has 0 saturated carbocycles. The van der Waals surface area contributed by atoms with Gasteiger partial charge < -0.3 is 14.2 Å². The van der Waals surface area contributed by atoms with Gasteiger partial charge in [-0.15, -0.1) is 11.3 Å². The van der Waals surface area contributed by atoms with E-state index in [4.69, 9.17) is 4.74 Å². The second kappa shape index (κ2) is 10.5. The molecule has 0 spiro atoms. The average molecular weight is 419 g/mol. The lowest BCUT2D eigenvalue weighted by Gasteiger charge is -2.11. The van der Waals surface area contributed by atoms with Gasteiger partial charge >= 0.3 is 5.97 Å². The molecule has 1 heterocycles. The van der Waals surface area contributed by atoms with Gasteiger partial charge in [-0.25, -0.2) is 4.98 Å². The summed E-state index contributed by atoms with van der Waals surface area (Å²) in [5.41, 5.74) is 1.66. The standard InChI is InChI=1S/C13H13BrN2O3S2.C2H6/c1-18-10-5-8(6-12(17)19-2)3-4-9(10)16-21-11-7-20-13(14)15-11;1-2/h3-5,7,16H,6H2,1-2H3;1-2H3. The number of nitrogens with zero attached hydrogens (tertiary/aromatic N) is 1. The number of esters is 1. The highest BCUT2D eigenvalue weighted by Crippen LogP contribution is 2.31. The second-order valence-electron chi connectivity index (χ2n) is 3.93. The molecule has 0 unspecified atom stereocenters. The van der Waals surface area contributed by atoms with Gasteiger partial charge in [0.15, 0.2) is 3.92 Å². The molecule has 0 fully saturated rings. The van der Waals surface area contributed by atoms with E-state index < -0.39 is 0 Å². The minimum absolute atomic E-state index is 0.222. The fourth-order valence-electron chi connectivity index (χ4n) is 1.56. The topological polar surface area (TPSA) is 60.5 Å². The number of anilines is 1. The fourth-order valence-corrected chi connectivity index (χ4v) is 3.47. The number of methoxy groups -OCH3 is 2. The van der Waals surface area contributed by atoms with Crippen LogP contribution in [-0.2, 0) is 16.0 Å². The molecule has 1 N–H and O–H groups in total. The Balaban J connectivity index is 0.00000127. The monoisotopic (exact) mass is 418 g/mol. The van der Waals surface area contributed by atoms with E-state index in [1.165, 1.54) is 30.4 Å². The van der Waals surface area contributed by atoms with E-state index in [1.807, 2.05) is 37.4 Å². The number of aromatic nitrogens is 1. The third-order valence-corrected chi connectivity index (χ3v) is 4.82. The van der Waals surface area contributed by atoms with E-state index >= 15 is 0 Å². The Bertz CT molecular complexity index is 635. The predicted octanol–water partition coefficient (Wildman–Crippen LogP) is 4.78. The van der Waals surface area contributed by atoms with Gasteiger partial charge in [-0.1, -0.05) is 19.9 Å². The maximum atomic E-state index is 11.3. The summed E-state index contributed by atoms with van der Waals surface area (Å²) in [7, 11) is 2.96. The maximum absolute atomic E-state index is 11.3. The van der Waals surface area contributed by atoms with Gasteiger partial charge in [0.2, 0.25) is 0 Å². The molecule has 0 aliphatic carbocycles. The Kier molecular flexibility index (Phi) is 9.05. The molecule has 0 amide bonds. The van der Waals surface area contributed by atoms with Gasteiger partial charge in [-0.05, 0) is 33.6 Å². The van der Waals surface area contributed by atoms with Crippen molar-refractivity contribution in [1.29, 1.82) is 0 Å². The molecule has 8 heteroatoms. The van der Waals surface area contributed by atoms with Crippen LogP contribution in [0.3, 0.4) is 0 Å². The number of thiazole rings is 1. The quantitative estimate of drug-likeness (QED) is 0.538. The number of rotatable bonds is 6. The van der Waals surface area contributed by atoms with Crippen molar-refractivity contribution >= 4 is 50.9 Å². The lowest BCUT2D eigenvalue weighted by molar-refractivity contribution is -0.139. The summed E-state index contributed by atoms with van der Waals surface area (Å²) in [6, 6.07) is 5.54. The van der Waals surface area contributed by atoms with Gasteiger partial charge in [-0.3, -0.25) is 4.79 Å². The van der Waals surface area contributed by atoms with Crippen molar-refractivity contribution in [3.63, 3.8) is 0 Å². The van der Waals surface area contributed by atoms with E-state index in [-0.39, 0.29) is 12.4 Å². The number of benzene rings is 1. The van der Waals surface area contributed by atoms with Gasteiger partial charge in [0.05, 0.1) is 26.3 Å². The SMILES string of the molecule is CC.COC(=O)Cc1ccc(NSc2csc(Br)n2)c(OC)c1. The fraction of sp³-hybridized carbons (Fsp3) is 0.333. The summed E-state index contributed by atoms with van der Waals surface area (Å²) in [6.07, 6.45) is 0.222. The maximum Gasteiger partial charge on any atom is 0.309 e. The number of nitrogens with one attached hydrogen (secondary N) is 1. The molecule has 1 aromatic heterocycles. The highest BCUT2D eigenvalue weighted by Gasteiger charge is 2.09. The lowest BCUT2D eigenvalue weighted by Crippen LogP contribution is -2.05. The molecule has 1 aromatic carbocycles. The van der Waals surface area contributed by atoms with Crippen molar-refractivity contribution < 1.29 is 14.3 Å². The zero-order valence-electron chi connectivity index (χ0n) is 13.4. The van der Waals surface area contributed by atoms with Crippen LogP contribution in [0.15, 0.2) is 32.5 Å². The zero-order valence-corrected chi connectivity index (χ0v) is 16.6. The minimum Gasteiger partial charge on any atom is -0.495 e. The molecule has 0 aliphatic heterocycles. The van der Waals surface area contributed by atoms with E-state index in [0.717, 1.165) is 20.2 Å². The summed E-state index contributed by atoms with van der Waals surface area (Å²) in [5.74, 6) is 0.387.